The molecular weight excluding hydrogens is 328 g/mol. The molecule has 0 heterocycles. The predicted octanol–water partition coefficient (Wildman–Crippen LogP) is 4.56. The zero-order valence-corrected chi connectivity index (χ0v) is 17.4. The van der Waals surface area contributed by atoms with Crippen LogP contribution in [0.1, 0.15) is 96.8 Å². The van der Waals surface area contributed by atoms with Crippen LogP contribution in [-0.2, 0) is 14.6 Å². The van der Waals surface area contributed by atoms with Gasteiger partial charge in [-0.1, -0.05) is 90.4 Å². The molecular formula is C16H33CaO4S+. The van der Waals surface area contributed by atoms with Gasteiger partial charge in [-0.3, -0.25) is 4.18 Å². The summed E-state index contributed by atoms with van der Waals surface area (Å²) in [5, 5.41) is 0. The molecule has 0 amide bonds. The van der Waals surface area contributed by atoms with Gasteiger partial charge in [-0.2, -0.15) is 0 Å². The first-order valence-corrected chi connectivity index (χ1v) is 10.00. The average molecular weight is 362 g/mol. The van der Waals surface area contributed by atoms with Crippen molar-refractivity contribution in [1.29, 1.82) is 0 Å². The Morgan fingerprint density at radius 1 is 0.682 bits per heavy atom. The fourth-order valence-electron chi connectivity index (χ4n) is 2.46. The zero-order valence-electron chi connectivity index (χ0n) is 14.4. The second-order valence-electron chi connectivity index (χ2n) is 5.83. The number of rotatable bonds is 16. The van der Waals surface area contributed by atoms with E-state index in [0.29, 0.717) is 6.42 Å². The van der Waals surface area contributed by atoms with Crippen LogP contribution in [0.25, 0.3) is 0 Å². The number of hydrogen-bond acceptors (Lipinski definition) is 4. The Bertz CT molecular complexity index is 307. The van der Waals surface area contributed by atoms with Crippen molar-refractivity contribution in [3.05, 3.63) is 0 Å². The topological polar surface area (TPSA) is 66.4 Å². The van der Waals surface area contributed by atoms with Gasteiger partial charge in [0.15, 0.2) is 0 Å². The zero-order chi connectivity index (χ0) is 15.8. The van der Waals surface area contributed by atoms with Gasteiger partial charge in [0.25, 0.3) is 0 Å². The van der Waals surface area contributed by atoms with E-state index < -0.39 is 10.4 Å². The van der Waals surface area contributed by atoms with Crippen molar-refractivity contribution < 1.29 is 17.2 Å². The molecule has 22 heavy (non-hydrogen) atoms. The van der Waals surface area contributed by atoms with Crippen molar-refractivity contribution in [2.75, 3.05) is 6.61 Å². The molecule has 0 saturated carbocycles. The summed E-state index contributed by atoms with van der Waals surface area (Å²) in [7, 11) is -4.49. The maximum atomic E-state index is 10.2. The normalized spacial score (nSPS) is 11.4. The van der Waals surface area contributed by atoms with E-state index in [0.717, 1.165) is 12.8 Å². The number of hydrogen-bond donors (Lipinski definition) is 0. The van der Waals surface area contributed by atoms with Gasteiger partial charge in [0, 0.05) is 0 Å². The van der Waals surface area contributed by atoms with Crippen molar-refractivity contribution in [3.63, 3.8) is 0 Å². The van der Waals surface area contributed by atoms with Gasteiger partial charge in [-0.25, -0.2) is 8.42 Å². The Balaban J connectivity index is 0. The molecule has 6 heteroatoms. The quantitative estimate of drug-likeness (QED) is 0.175. The van der Waals surface area contributed by atoms with Crippen LogP contribution < -0.4 is 0 Å². The smallest absolute Gasteiger partial charge is 0.726 e. The molecule has 0 bridgehead atoms. The molecule has 128 valence electrons. The SMILES string of the molecule is CCCCCCCCCCCCCCCCOS(=O)(=O)[O-].[Ca+2]. The minimum absolute atomic E-state index is 0. The molecule has 0 spiro atoms. The molecule has 0 aliphatic heterocycles. The van der Waals surface area contributed by atoms with Crippen molar-refractivity contribution in [2.45, 2.75) is 96.8 Å². The van der Waals surface area contributed by atoms with Crippen molar-refractivity contribution >= 4 is 48.1 Å². The molecule has 0 fully saturated rings. The van der Waals surface area contributed by atoms with E-state index in [1.165, 1.54) is 70.6 Å². The first-order chi connectivity index (χ1) is 10.1. The molecule has 4 nitrogen and oxygen atoms in total. The van der Waals surface area contributed by atoms with Crippen LogP contribution in [0.4, 0.5) is 0 Å². The monoisotopic (exact) mass is 361 g/mol. The van der Waals surface area contributed by atoms with Crippen LogP contribution in [0.15, 0.2) is 0 Å². The van der Waals surface area contributed by atoms with Crippen LogP contribution in [0.5, 0.6) is 0 Å². The molecule has 0 aliphatic carbocycles. The molecule has 0 aromatic heterocycles. The van der Waals surface area contributed by atoms with Gasteiger partial charge < -0.3 is 4.55 Å². The molecule has 0 aromatic carbocycles. The summed E-state index contributed by atoms with van der Waals surface area (Å²) >= 11 is 0. The summed E-state index contributed by atoms with van der Waals surface area (Å²) in [5.74, 6) is 0. The minimum Gasteiger partial charge on any atom is -0.726 e. The van der Waals surface area contributed by atoms with E-state index in [-0.39, 0.29) is 44.3 Å². The van der Waals surface area contributed by atoms with Gasteiger partial charge in [0.05, 0.1) is 6.61 Å². The Hall–Kier alpha value is 1.13. The molecule has 0 N–H and O–H groups in total. The van der Waals surface area contributed by atoms with Crippen molar-refractivity contribution in [2.24, 2.45) is 0 Å². The van der Waals surface area contributed by atoms with Gasteiger partial charge in [0.1, 0.15) is 0 Å². The minimum atomic E-state index is -4.49. The Morgan fingerprint density at radius 2 is 1.00 bits per heavy atom. The summed E-state index contributed by atoms with van der Waals surface area (Å²) in [4.78, 5) is 0. The molecule has 0 aliphatic rings. The van der Waals surface area contributed by atoms with Gasteiger partial charge in [-0.05, 0) is 6.42 Å². The molecule has 0 radical (unpaired) electrons. The van der Waals surface area contributed by atoms with Crippen molar-refractivity contribution in [1.82, 2.24) is 0 Å². The molecule has 0 aromatic rings. The summed E-state index contributed by atoms with van der Waals surface area (Å²) in [5.41, 5.74) is 0. The summed E-state index contributed by atoms with van der Waals surface area (Å²) < 4.78 is 34.7. The third kappa shape index (κ3) is 23.4. The second kappa shape index (κ2) is 18.5. The van der Waals surface area contributed by atoms with E-state index in [1.54, 1.807) is 0 Å². The summed E-state index contributed by atoms with van der Waals surface area (Å²) in [6, 6.07) is 0. The fourth-order valence-corrected chi connectivity index (χ4v) is 2.78. The van der Waals surface area contributed by atoms with E-state index in [1.807, 2.05) is 0 Å². The average Bonchev–Trinajstić information content (AvgIpc) is 2.42. The van der Waals surface area contributed by atoms with E-state index >= 15 is 0 Å². The molecule has 0 rings (SSSR count). The maximum Gasteiger partial charge on any atom is 2.00 e. The third-order valence-electron chi connectivity index (χ3n) is 3.73. The summed E-state index contributed by atoms with van der Waals surface area (Å²) in [6.45, 7) is 2.28. The maximum absolute atomic E-state index is 10.2. The largest absolute Gasteiger partial charge is 2.00 e. The van der Waals surface area contributed by atoms with Gasteiger partial charge in [-0.15, -0.1) is 0 Å². The second-order valence-corrected chi connectivity index (χ2v) is 6.88. The Kier molecular flexibility index (Phi) is 21.3. The Morgan fingerprint density at radius 3 is 1.32 bits per heavy atom. The standard InChI is InChI=1S/C16H34O4S.Ca/c1-2-3-4-5-6-7-8-9-10-11-12-13-14-15-16-20-21(17,18)19;/h2-16H2,1H3,(H,17,18,19);/q;+2/p-1. The van der Waals surface area contributed by atoms with E-state index in [9.17, 15) is 13.0 Å². The van der Waals surface area contributed by atoms with Gasteiger partial charge >= 0.3 is 37.7 Å². The fraction of sp³-hybridized carbons (Fsp3) is 1.00. The van der Waals surface area contributed by atoms with E-state index in [2.05, 4.69) is 11.1 Å². The first kappa shape index (κ1) is 25.4. The molecule has 0 saturated heterocycles. The van der Waals surface area contributed by atoms with Crippen LogP contribution in [-0.4, -0.2) is 57.3 Å². The van der Waals surface area contributed by atoms with E-state index in [4.69, 9.17) is 0 Å². The van der Waals surface area contributed by atoms with Crippen LogP contribution in [0, 0.1) is 0 Å². The van der Waals surface area contributed by atoms with Crippen LogP contribution >= 0.6 is 0 Å². The number of unbranched alkanes of at least 4 members (excludes halogenated alkanes) is 13. The van der Waals surface area contributed by atoms with Crippen LogP contribution in [0.3, 0.4) is 0 Å². The molecule has 0 unspecified atom stereocenters. The van der Waals surface area contributed by atoms with Crippen molar-refractivity contribution in [3.8, 4) is 0 Å². The predicted molar refractivity (Wildman–Crippen MR) is 91.7 cm³/mol. The molecule has 0 atom stereocenters. The first-order valence-electron chi connectivity index (χ1n) is 8.66. The Labute approximate surface area is 167 Å². The third-order valence-corrected chi connectivity index (χ3v) is 4.18. The summed E-state index contributed by atoms with van der Waals surface area (Å²) in [6.07, 6.45) is 17.4. The van der Waals surface area contributed by atoms with Gasteiger partial charge in [0.2, 0.25) is 10.4 Å². The van der Waals surface area contributed by atoms with Crippen LogP contribution in [0.2, 0.25) is 0 Å².